The number of aromatic nitrogens is 1. The summed E-state index contributed by atoms with van der Waals surface area (Å²) in [6, 6.07) is 14.3. The molecule has 1 aromatic heterocycles. The summed E-state index contributed by atoms with van der Waals surface area (Å²) in [6.07, 6.45) is 2.18. The molecule has 2 rings (SSSR count). The fourth-order valence-electron chi connectivity index (χ4n) is 1.52. The molecule has 0 saturated carbocycles. The zero-order valence-electron chi connectivity index (χ0n) is 9.14. The maximum Gasteiger partial charge on any atom is 0.0702 e. The Morgan fingerprint density at radius 2 is 1.88 bits per heavy atom. The van der Waals surface area contributed by atoms with E-state index in [2.05, 4.69) is 42.2 Å². The summed E-state index contributed by atoms with van der Waals surface area (Å²) < 4.78 is 0. The third kappa shape index (κ3) is 2.26. The molecule has 0 spiro atoms. The lowest BCUT2D eigenvalue weighted by atomic mass is 10.1. The monoisotopic (exact) mass is 208 g/mol. The van der Waals surface area contributed by atoms with Crippen molar-refractivity contribution < 1.29 is 0 Å². The van der Waals surface area contributed by atoms with E-state index in [1.54, 1.807) is 6.20 Å². The first-order valence-electron chi connectivity index (χ1n) is 5.18. The predicted molar refractivity (Wildman–Crippen MR) is 63.7 cm³/mol. The molecule has 0 fully saturated rings. The van der Waals surface area contributed by atoms with Gasteiger partial charge in [0.15, 0.2) is 0 Å². The van der Waals surface area contributed by atoms with Crippen molar-refractivity contribution in [1.82, 2.24) is 4.98 Å². The van der Waals surface area contributed by atoms with Crippen LogP contribution in [0.2, 0.25) is 0 Å². The Balaban J connectivity index is 2.28. The van der Waals surface area contributed by atoms with Crippen LogP contribution >= 0.6 is 0 Å². The molecule has 0 N–H and O–H groups in total. The molecular formula is C14H12N2. The van der Waals surface area contributed by atoms with Crippen LogP contribution < -0.4 is 0 Å². The fraction of sp³-hybridized carbons (Fsp3) is 0.143. The summed E-state index contributed by atoms with van der Waals surface area (Å²) in [4.78, 5) is 4.35. The van der Waals surface area contributed by atoms with E-state index in [4.69, 9.17) is 5.26 Å². The summed E-state index contributed by atoms with van der Waals surface area (Å²) in [7, 11) is 0. The molecular weight excluding hydrogens is 196 g/mol. The molecule has 1 aromatic carbocycles. The average molecular weight is 208 g/mol. The highest BCUT2D eigenvalue weighted by Gasteiger charge is 1.99. The van der Waals surface area contributed by atoms with Crippen LogP contribution in [-0.4, -0.2) is 4.98 Å². The molecule has 0 radical (unpaired) electrons. The smallest absolute Gasteiger partial charge is 0.0702 e. The van der Waals surface area contributed by atoms with Gasteiger partial charge < -0.3 is 0 Å². The molecule has 2 heteroatoms. The predicted octanol–water partition coefficient (Wildman–Crippen LogP) is 3.12. The maximum absolute atomic E-state index is 8.56. The molecule has 2 nitrogen and oxygen atoms in total. The number of aryl methyl sites for hydroxylation is 1. The van der Waals surface area contributed by atoms with E-state index in [9.17, 15) is 0 Å². The SMILES string of the molecule is Cc1ccc(-c2ccc(CC#N)cn2)cc1. The van der Waals surface area contributed by atoms with E-state index in [0.29, 0.717) is 6.42 Å². The Hall–Kier alpha value is -2.14. The van der Waals surface area contributed by atoms with Crippen molar-refractivity contribution in [3.63, 3.8) is 0 Å². The van der Waals surface area contributed by atoms with Gasteiger partial charge in [-0.2, -0.15) is 5.26 Å². The minimum atomic E-state index is 0.418. The molecule has 16 heavy (non-hydrogen) atoms. The van der Waals surface area contributed by atoms with Crippen molar-refractivity contribution in [2.24, 2.45) is 0 Å². The molecule has 0 atom stereocenters. The van der Waals surface area contributed by atoms with E-state index in [1.165, 1.54) is 5.56 Å². The van der Waals surface area contributed by atoms with Crippen molar-refractivity contribution in [3.8, 4) is 17.3 Å². The van der Waals surface area contributed by atoms with Crippen LogP contribution in [0.5, 0.6) is 0 Å². The number of pyridine rings is 1. The molecule has 0 unspecified atom stereocenters. The number of rotatable bonds is 2. The van der Waals surface area contributed by atoms with E-state index >= 15 is 0 Å². The second-order valence-electron chi connectivity index (χ2n) is 3.75. The molecule has 1 heterocycles. The first-order valence-corrected chi connectivity index (χ1v) is 5.18. The molecule has 0 aliphatic carbocycles. The first-order chi connectivity index (χ1) is 7.79. The van der Waals surface area contributed by atoms with Gasteiger partial charge in [0.1, 0.15) is 0 Å². The summed E-state index contributed by atoms with van der Waals surface area (Å²) in [5.41, 5.74) is 4.25. The lowest BCUT2D eigenvalue weighted by molar-refractivity contribution is 1.19. The molecule has 0 aliphatic heterocycles. The van der Waals surface area contributed by atoms with Crippen LogP contribution in [0.25, 0.3) is 11.3 Å². The van der Waals surface area contributed by atoms with Crippen molar-refractivity contribution in [3.05, 3.63) is 53.7 Å². The maximum atomic E-state index is 8.56. The molecule has 78 valence electrons. The van der Waals surface area contributed by atoms with Gasteiger partial charge in [0, 0.05) is 11.8 Å². The third-order valence-corrected chi connectivity index (χ3v) is 2.46. The van der Waals surface area contributed by atoms with Gasteiger partial charge in [-0.05, 0) is 18.6 Å². The number of nitrogens with zero attached hydrogens (tertiary/aromatic N) is 2. The summed E-state index contributed by atoms with van der Waals surface area (Å²) in [5, 5.41) is 8.56. The van der Waals surface area contributed by atoms with Gasteiger partial charge in [-0.25, -0.2) is 0 Å². The molecule has 0 aliphatic rings. The fourth-order valence-corrected chi connectivity index (χ4v) is 1.52. The van der Waals surface area contributed by atoms with Crippen molar-refractivity contribution in [2.45, 2.75) is 13.3 Å². The standard InChI is InChI=1S/C14H12N2/c1-11-2-5-13(6-3-11)14-7-4-12(8-9-15)10-16-14/h2-7,10H,8H2,1H3. The normalized spacial score (nSPS) is 9.75. The number of hydrogen-bond donors (Lipinski definition) is 0. The lowest BCUT2D eigenvalue weighted by Gasteiger charge is -2.02. The summed E-state index contributed by atoms with van der Waals surface area (Å²) in [5.74, 6) is 0. The highest BCUT2D eigenvalue weighted by Crippen LogP contribution is 2.17. The second kappa shape index (κ2) is 4.59. The minimum absolute atomic E-state index is 0.418. The quantitative estimate of drug-likeness (QED) is 0.760. The van der Waals surface area contributed by atoms with Gasteiger partial charge in [0.2, 0.25) is 0 Å². The van der Waals surface area contributed by atoms with Crippen LogP contribution in [0.4, 0.5) is 0 Å². The highest BCUT2D eigenvalue weighted by atomic mass is 14.7. The highest BCUT2D eigenvalue weighted by molar-refractivity contribution is 5.59. The Morgan fingerprint density at radius 3 is 2.44 bits per heavy atom. The Bertz CT molecular complexity index is 504. The van der Waals surface area contributed by atoms with Gasteiger partial charge in [-0.3, -0.25) is 4.98 Å². The van der Waals surface area contributed by atoms with Crippen LogP contribution in [0, 0.1) is 18.3 Å². The zero-order chi connectivity index (χ0) is 11.4. The second-order valence-corrected chi connectivity index (χ2v) is 3.75. The third-order valence-electron chi connectivity index (χ3n) is 2.46. The van der Waals surface area contributed by atoms with Gasteiger partial charge in [0.05, 0.1) is 18.2 Å². The Morgan fingerprint density at radius 1 is 1.12 bits per heavy atom. The largest absolute Gasteiger partial charge is 0.256 e. The van der Waals surface area contributed by atoms with E-state index < -0.39 is 0 Å². The number of nitriles is 1. The van der Waals surface area contributed by atoms with Crippen LogP contribution in [-0.2, 0) is 6.42 Å². The molecule has 0 bridgehead atoms. The Kier molecular flexibility index (Phi) is 2.98. The van der Waals surface area contributed by atoms with Crippen LogP contribution in [0.1, 0.15) is 11.1 Å². The van der Waals surface area contributed by atoms with Crippen molar-refractivity contribution >= 4 is 0 Å². The van der Waals surface area contributed by atoms with Gasteiger partial charge >= 0.3 is 0 Å². The van der Waals surface area contributed by atoms with Gasteiger partial charge in [-0.1, -0.05) is 35.9 Å². The van der Waals surface area contributed by atoms with Crippen LogP contribution in [0.3, 0.4) is 0 Å². The topological polar surface area (TPSA) is 36.7 Å². The zero-order valence-corrected chi connectivity index (χ0v) is 9.14. The van der Waals surface area contributed by atoms with Gasteiger partial charge in [0.25, 0.3) is 0 Å². The van der Waals surface area contributed by atoms with E-state index in [-0.39, 0.29) is 0 Å². The van der Waals surface area contributed by atoms with E-state index in [1.807, 2.05) is 12.1 Å². The molecule has 0 saturated heterocycles. The van der Waals surface area contributed by atoms with E-state index in [0.717, 1.165) is 16.8 Å². The number of hydrogen-bond acceptors (Lipinski definition) is 2. The Labute approximate surface area is 95.2 Å². The average Bonchev–Trinajstić information content (AvgIpc) is 2.32. The minimum Gasteiger partial charge on any atom is -0.256 e. The van der Waals surface area contributed by atoms with Crippen LogP contribution in [0.15, 0.2) is 42.6 Å². The first kappa shape index (κ1) is 10.4. The molecule has 2 aromatic rings. The summed E-state index contributed by atoms with van der Waals surface area (Å²) >= 11 is 0. The molecule has 0 amide bonds. The number of benzene rings is 1. The van der Waals surface area contributed by atoms with Gasteiger partial charge in [-0.15, -0.1) is 0 Å². The lowest BCUT2D eigenvalue weighted by Crippen LogP contribution is -1.87. The van der Waals surface area contributed by atoms with Crippen molar-refractivity contribution in [1.29, 1.82) is 5.26 Å². The van der Waals surface area contributed by atoms with Crippen molar-refractivity contribution in [2.75, 3.05) is 0 Å². The summed E-state index contributed by atoms with van der Waals surface area (Å²) in [6.45, 7) is 2.06.